The van der Waals surface area contributed by atoms with Crippen molar-refractivity contribution >= 4 is 35.4 Å². The molecule has 26 heavy (non-hydrogen) atoms. The lowest BCUT2D eigenvalue weighted by atomic mass is 10.1. The summed E-state index contributed by atoms with van der Waals surface area (Å²) >= 11 is 0. The van der Waals surface area contributed by atoms with Gasteiger partial charge < -0.3 is 4.74 Å². The fraction of sp³-hybridized carbons (Fsp3) is 0.500. The van der Waals surface area contributed by atoms with Crippen LogP contribution >= 0.6 is 0 Å². The molecule has 1 atom stereocenters. The van der Waals surface area contributed by atoms with Gasteiger partial charge in [-0.05, 0) is 13.8 Å². The van der Waals surface area contributed by atoms with Gasteiger partial charge in [-0.15, -0.1) is 16.7 Å². The number of ether oxygens (including phenoxy) is 1. The monoisotopic (exact) mass is 361 g/mol. The van der Waals surface area contributed by atoms with Crippen LogP contribution in [0.4, 0.5) is 4.79 Å². The van der Waals surface area contributed by atoms with E-state index in [2.05, 4.69) is 16.7 Å². The van der Waals surface area contributed by atoms with E-state index in [9.17, 15) is 14.4 Å². The highest BCUT2D eigenvalue weighted by molar-refractivity contribution is 6.23. The number of hydrogen-bond donors (Lipinski definition) is 0. The van der Waals surface area contributed by atoms with Crippen LogP contribution in [0.15, 0.2) is 22.7 Å². The quantitative estimate of drug-likeness (QED) is 0.372. The lowest BCUT2D eigenvalue weighted by molar-refractivity contribution is -0.527. The number of amides is 3. The van der Waals surface area contributed by atoms with Crippen LogP contribution in [0.1, 0.15) is 13.8 Å². The van der Waals surface area contributed by atoms with Crippen molar-refractivity contribution in [3.05, 3.63) is 12.7 Å². The third-order valence-corrected chi connectivity index (χ3v) is 4.21. The fourth-order valence-electron chi connectivity index (χ4n) is 3.13. The third kappa shape index (κ3) is 2.76. The van der Waals surface area contributed by atoms with E-state index in [0.717, 1.165) is 10.6 Å². The topological polar surface area (TPSA) is 97.9 Å². The Kier molecular flexibility index (Phi) is 4.58. The van der Waals surface area contributed by atoms with Crippen LogP contribution in [0.3, 0.4) is 0 Å². The summed E-state index contributed by atoms with van der Waals surface area (Å²) in [6, 6.07) is -1.19. The second kappa shape index (κ2) is 6.70. The number of nitrogens with zero attached hydrogens (tertiary/aromatic N) is 6. The Morgan fingerprint density at radius 2 is 2.19 bits per heavy atom. The lowest BCUT2D eigenvalue weighted by Crippen LogP contribution is -2.63. The molecule has 3 amide bonds. The molecule has 1 saturated heterocycles. The first-order chi connectivity index (χ1) is 12.4. The highest BCUT2D eigenvalue weighted by Crippen LogP contribution is 2.22. The Balaban J connectivity index is 1.97. The van der Waals surface area contributed by atoms with E-state index in [0.29, 0.717) is 18.3 Å². The molecule has 3 aliphatic heterocycles. The number of hydrazone groups is 1. The average molecular weight is 361 g/mol. The van der Waals surface area contributed by atoms with E-state index >= 15 is 0 Å². The molecule has 0 aromatic carbocycles. The molecule has 0 N–H and O–H groups in total. The Hall–Kier alpha value is -3.04. The number of hydrogen-bond acceptors (Lipinski definition) is 7. The molecule has 1 fully saturated rings. The molecule has 138 valence electrons. The van der Waals surface area contributed by atoms with Crippen molar-refractivity contribution in [2.45, 2.75) is 19.9 Å². The number of amidine groups is 1. The first-order valence-electron chi connectivity index (χ1n) is 8.28. The number of esters is 1. The van der Waals surface area contributed by atoms with Gasteiger partial charge in [-0.2, -0.15) is 0 Å². The van der Waals surface area contributed by atoms with Crippen molar-refractivity contribution in [1.82, 2.24) is 14.8 Å². The van der Waals surface area contributed by atoms with E-state index in [1.165, 1.54) is 16.0 Å². The Morgan fingerprint density at radius 3 is 2.85 bits per heavy atom. The molecule has 0 aromatic rings. The summed E-state index contributed by atoms with van der Waals surface area (Å²) in [6.07, 6.45) is 1.50. The molecule has 10 nitrogen and oxygen atoms in total. The molecule has 0 radical (unpaired) electrons. The number of carbonyl (C=O) groups is 3. The molecule has 0 saturated carbocycles. The number of urea groups is 1. The minimum Gasteiger partial charge on any atom is -0.464 e. The normalized spacial score (nSPS) is 22.1. The Labute approximate surface area is 150 Å². The van der Waals surface area contributed by atoms with Crippen LogP contribution in [-0.4, -0.2) is 94.1 Å². The largest absolute Gasteiger partial charge is 0.464 e. The number of carbonyl (C=O) groups excluding carboxylic acids is 3. The van der Waals surface area contributed by atoms with Gasteiger partial charge in [0.1, 0.15) is 6.54 Å². The maximum absolute atomic E-state index is 12.9. The van der Waals surface area contributed by atoms with E-state index in [-0.39, 0.29) is 25.6 Å². The molecule has 10 heteroatoms. The van der Waals surface area contributed by atoms with Crippen molar-refractivity contribution in [1.29, 1.82) is 0 Å². The zero-order chi connectivity index (χ0) is 19.0. The van der Waals surface area contributed by atoms with E-state index in [1.54, 1.807) is 25.5 Å². The number of guanidine groups is 1. The van der Waals surface area contributed by atoms with Crippen LogP contribution in [0, 0.1) is 0 Å². The Morgan fingerprint density at radius 1 is 1.46 bits per heavy atom. The molecule has 3 aliphatic rings. The molecule has 1 unspecified atom stereocenters. The van der Waals surface area contributed by atoms with Gasteiger partial charge in [0.25, 0.3) is 5.91 Å². The molecule has 0 aliphatic carbocycles. The summed E-state index contributed by atoms with van der Waals surface area (Å²) in [5.41, 5.74) is 0.720. The average Bonchev–Trinajstić information content (AvgIpc) is 2.96. The van der Waals surface area contributed by atoms with Gasteiger partial charge in [-0.3, -0.25) is 14.6 Å². The van der Waals surface area contributed by atoms with Crippen LogP contribution in [0.2, 0.25) is 0 Å². The second-order valence-electron chi connectivity index (χ2n) is 6.08. The number of imide groups is 1. The number of rotatable bonds is 5. The van der Waals surface area contributed by atoms with Gasteiger partial charge in [0, 0.05) is 13.6 Å². The van der Waals surface area contributed by atoms with Crippen molar-refractivity contribution in [2.24, 2.45) is 10.1 Å². The number of aliphatic imine (C=N–C) groups is 1. The molecule has 3 heterocycles. The fourth-order valence-corrected chi connectivity index (χ4v) is 3.13. The molecule has 0 aromatic heterocycles. The molecule has 3 rings (SSSR count). The highest BCUT2D eigenvalue weighted by Gasteiger charge is 2.54. The minimum atomic E-state index is -0.734. The van der Waals surface area contributed by atoms with Gasteiger partial charge in [-0.1, -0.05) is 11.1 Å². The highest BCUT2D eigenvalue weighted by atomic mass is 16.5. The number of likely N-dealkylation sites (N-methyl/N-ethyl adjacent to an activating group) is 1. The summed E-state index contributed by atoms with van der Waals surface area (Å²) in [6.45, 7) is 7.76. The Bertz CT molecular complexity index is 784. The molecular formula is C16H21N6O4+. The summed E-state index contributed by atoms with van der Waals surface area (Å²) in [5, 5.41) is 5.76. The van der Waals surface area contributed by atoms with Gasteiger partial charge in [0.05, 0.1) is 12.3 Å². The molecule has 0 bridgehead atoms. The zero-order valence-corrected chi connectivity index (χ0v) is 15.0. The summed E-state index contributed by atoms with van der Waals surface area (Å²) < 4.78 is 6.72. The zero-order valence-electron chi connectivity index (χ0n) is 15.0. The minimum absolute atomic E-state index is 0.120. The van der Waals surface area contributed by atoms with Gasteiger partial charge >= 0.3 is 18.0 Å². The van der Waals surface area contributed by atoms with Crippen LogP contribution < -0.4 is 0 Å². The summed E-state index contributed by atoms with van der Waals surface area (Å²) in [5.74, 6) is -0.128. The first-order valence-corrected chi connectivity index (χ1v) is 8.28. The standard InChI is InChI=1S/C16H21N6O4/c1-5-7-20-14(24)12-13(19(4)16(20)25)17-15-21(12)8-10(3)18-22(15)9-11(23)26-6-2/h5,12H,1,6-9H2,2-4H3/q+1. The maximum Gasteiger partial charge on any atom is 0.417 e. The predicted molar refractivity (Wildman–Crippen MR) is 92.9 cm³/mol. The van der Waals surface area contributed by atoms with Crippen LogP contribution in [0.25, 0.3) is 0 Å². The van der Waals surface area contributed by atoms with Crippen LogP contribution in [0.5, 0.6) is 0 Å². The first kappa shape index (κ1) is 17.8. The molecular weight excluding hydrogens is 340 g/mol. The van der Waals surface area contributed by atoms with Crippen molar-refractivity contribution < 1.29 is 23.7 Å². The predicted octanol–water partition coefficient (Wildman–Crippen LogP) is -0.530. The SMILES string of the molecule is C=CCN1C(=O)C2C(=NC3=[N+]2CC(C)=NN3CC(=O)OCC)N(C)C1=O. The summed E-state index contributed by atoms with van der Waals surface area (Å²) in [7, 11) is 1.57. The van der Waals surface area contributed by atoms with Crippen molar-refractivity contribution in [3.63, 3.8) is 0 Å². The smallest absolute Gasteiger partial charge is 0.417 e. The van der Waals surface area contributed by atoms with E-state index in [4.69, 9.17) is 4.74 Å². The maximum atomic E-state index is 12.9. The van der Waals surface area contributed by atoms with Crippen molar-refractivity contribution in [2.75, 3.05) is 33.3 Å². The van der Waals surface area contributed by atoms with Gasteiger partial charge in [0.2, 0.25) is 11.9 Å². The number of fused-ring (bicyclic) bond motifs is 2. The van der Waals surface area contributed by atoms with Gasteiger partial charge in [-0.25, -0.2) is 14.2 Å². The summed E-state index contributed by atoms with van der Waals surface area (Å²) in [4.78, 5) is 44.1. The van der Waals surface area contributed by atoms with Crippen molar-refractivity contribution in [3.8, 4) is 0 Å². The second-order valence-corrected chi connectivity index (χ2v) is 6.08. The third-order valence-electron chi connectivity index (χ3n) is 4.21. The lowest BCUT2D eigenvalue weighted by Gasteiger charge is -2.33. The van der Waals surface area contributed by atoms with Crippen LogP contribution in [-0.2, 0) is 14.3 Å². The van der Waals surface area contributed by atoms with E-state index < -0.39 is 18.0 Å². The van der Waals surface area contributed by atoms with E-state index in [1.807, 2.05) is 0 Å². The molecule has 0 spiro atoms. The van der Waals surface area contributed by atoms with Gasteiger partial charge in [0.15, 0.2) is 6.54 Å².